The third kappa shape index (κ3) is 4.61. The molecule has 5 nitrogen and oxygen atoms in total. The molecule has 20 heavy (non-hydrogen) atoms. The number of aryl methyl sites for hydroxylation is 1. The van der Waals surface area contributed by atoms with Gasteiger partial charge in [-0.1, -0.05) is 31.5 Å². The highest BCUT2D eigenvalue weighted by Gasteiger charge is 2.24. The number of ether oxygens (including phenoxy) is 1. The summed E-state index contributed by atoms with van der Waals surface area (Å²) in [5.41, 5.74) is 0.612. The van der Waals surface area contributed by atoms with Crippen molar-refractivity contribution in [3.8, 4) is 0 Å². The minimum absolute atomic E-state index is 0.0740. The molecule has 1 rings (SSSR count). The summed E-state index contributed by atoms with van der Waals surface area (Å²) in [6.07, 6.45) is 0.415. The molecular formula is C14H20O5S. The van der Waals surface area contributed by atoms with E-state index in [0.717, 1.165) is 0 Å². The van der Waals surface area contributed by atoms with Crippen LogP contribution < -0.4 is 0 Å². The smallest absolute Gasteiger partial charge is 0.308 e. The number of carbonyl (C=O) groups excluding carboxylic acids is 1. The number of rotatable bonds is 7. The van der Waals surface area contributed by atoms with Gasteiger partial charge in [0.2, 0.25) is 0 Å². The van der Waals surface area contributed by atoms with Crippen LogP contribution in [0, 0.1) is 6.92 Å². The van der Waals surface area contributed by atoms with E-state index < -0.39 is 22.2 Å². The summed E-state index contributed by atoms with van der Waals surface area (Å²) in [4.78, 5) is 11.4. The quantitative estimate of drug-likeness (QED) is 0.571. The topological polar surface area (TPSA) is 69.7 Å². The number of methoxy groups -OCH3 is 1. The second-order valence-electron chi connectivity index (χ2n) is 4.51. The van der Waals surface area contributed by atoms with E-state index in [-0.39, 0.29) is 11.3 Å². The molecule has 0 saturated carbocycles. The Hall–Kier alpha value is -1.40. The number of hydrogen-bond donors (Lipinski definition) is 0. The average molecular weight is 300 g/mol. The van der Waals surface area contributed by atoms with Gasteiger partial charge in [-0.25, -0.2) is 0 Å². The van der Waals surface area contributed by atoms with E-state index in [1.807, 2.05) is 6.92 Å². The highest BCUT2D eigenvalue weighted by molar-refractivity contribution is 7.86. The summed E-state index contributed by atoms with van der Waals surface area (Å²) in [5, 5.41) is 0. The molecule has 1 aromatic carbocycles. The first-order valence-corrected chi connectivity index (χ1v) is 7.87. The van der Waals surface area contributed by atoms with Crippen molar-refractivity contribution in [1.82, 2.24) is 0 Å². The summed E-state index contributed by atoms with van der Waals surface area (Å²) in [6.45, 7) is 3.60. The molecule has 1 aromatic rings. The first-order chi connectivity index (χ1) is 9.40. The Morgan fingerprint density at radius 1 is 1.30 bits per heavy atom. The van der Waals surface area contributed by atoms with Crippen molar-refractivity contribution in [2.75, 3.05) is 7.11 Å². The predicted molar refractivity (Wildman–Crippen MR) is 74.8 cm³/mol. The lowest BCUT2D eigenvalue weighted by molar-refractivity contribution is -0.142. The molecular weight excluding hydrogens is 280 g/mol. The maximum absolute atomic E-state index is 12.2. The monoisotopic (exact) mass is 300 g/mol. The van der Waals surface area contributed by atoms with Gasteiger partial charge < -0.3 is 4.74 Å². The molecule has 0 fully saturated rings. The number of carbonyl (C=O) groups is 1. The first-order valence-electron chi connectivity index (χ1n) is 6.46. The Bertz CT molecular complexity index is 550. The van der Waals surface area contributed by atoms with Gasteiger partial charge in [0, 0.05) is 0 Å². The van der Waals surface area contributed by atoms with Gasteiger partial charge in [0.1, 0.15) is 0 Å². The zero-order valence-corrected chi connectivity index (χ0v) is 12.8. The van der Waals surface area contributed by atoms with Gasteiger partial charge in [0.05, 0.1) is 24.5 Å². The van der Waals surface area contributed by atoms with Crippen LogP contribution in [0.1, 0.15) is 31.7 Å². The van der Waals surface area contributed by atoms with Crippen molar-refractivity contribution < 1.29 is 22.1 Å². The van der Waals surface area contributed by atoms with Gasteiger partial charge >= 0.3 is 5.97 Å². The van der Waals surface area contributed by atoms with Crippen LogP contribution in [-0.2, 0) is 23.8 Å². The predicted octanol–water partition coefficient (Wildman–Crippen LogP) is 2.43. The summed E-state index contributed by atoms with van der Waals surface area (Å²) in [5.74, 6) is -0.483. The van der Waals surface area contributed by atoms with E-state index in [1.54, 1.807) is 25.1 Å². The Morgan fingerprint density at radius 2 is 1.95 bits per heavy atom. The lowest BCUT2D eigenvalue weighted by Crippen LogP contribution is -2.23. The highest BCUT2D eigenvalue weighted by Crippen LogP contribution is 2.21. The molecule has 0 aliphatic rings. The van der Waals surface area contributed by atoms with Crippen molar-refractivity contribution in [1.29, 1.82) is 0 Å². The summed E-state index contributed by atoms with van der Waals surface area (Å²) >= 11 is 0. The SMILES string of the molecule is CCC[C@H](CC(=O)OC)OS(=O)(=O)c1ccccc1C. The first kappa shape index (κ1) is 16.7. The molecule has 0 saturated heterocycles. The standard InChI is InChI=1S/C14H20O5S/c1-4-7-12(10-14(15)18-3)19-20(16,17)13-9-6-5-8-11(13)2/h5-6,8-9,12H,4,7,10H2,1-3H3/t12-/m1/s1. The molecule has 0 heterocycles. The third-order valence-corrected chi connectivity index (χ3v) is 4.38. The van der Waals surface area contributed by atoms with Crippen LogP contribution in [0.2, 0.25) is 0 Å². The zero-order valence-electron chi connectivity index (χ0n) is 12.0. The van der Waals surface area contributed by atoms with Crippen LogP contribution >= 0.6 is 0 Å². The normalized spacial score (nSPS) is 12.9. The molecule has 0 aliphatic carbocycles. The van der Waals surface area contributed by atoms with E-state index >= 15 is 0 Å². The fraction of sp³-hybridized carbons (Fsp3) is 0.500. The molecule has 1 atom stereocenters. The van der Waals surface area contributed by atoms with E-state index in [1.165, 1.54) is 13.2 Å². The average Bonchev–Trinajstić information content (AvgIpc) is 2.38. The molecule has 6 heteroatoms. The Morgan fingerprint density at radius 3 is 2.50 bits per heavy atom. The fourth-order valence-electron chi connectivity index (χ4n) is 1.84. The van der Waals surface area contributed by atoms with Gasteiger partial charge in [0.15, 0.2) is 0 Å². The summed E-state index contributed by atoms with van der Waals surface area (Å²) in [6, 6.07) is 6.59. The summed E-state index contributed by atoms with van der Waals surface area (Å²) < 4.78 is 34.2. The van der Waals surface area contributed by atoms with E-state index in [4.69, 9.17) is 4.18 Å². The molecule has 0 aromatic heterocycles. The van der Waals surface area contributed by atoms with Crippen LogP contribution in [-0.4, -0.2) is 27.6 Å². The van der Waals surface area contributed by atoms with Crippen molar-refractivity contribution in [2.45, 2.75) is 44.1 Å². The molecule has 0 amide bonds. The number of esters is 1. The third-order valence-electron chi connectivity index (χ3n) is 2.86. The fourth-order valence-corrected chi connectivity index (χ4v) is 3.18. The van der Waals surface area contributed by atoms with Crippen LogP contribution in [0.25, 0.3) is 0 Å². The maximum Gasteiger partial charge on any atom is 0.308 e. The van der Waals surface area contributed by atoms with E-state index in [0.29, 0.717) is 18.4 Å². The van der Waals surface area contributed by atoms with Gasteiger partial charge in [-0.15, -0.1) is 0 Å². The van der Waals surface area contributed by atoms with Crippen LogP contribution in [0.15, 0.2) is 29.2 Å². The van der Waals surface area contributed by atoms with Gasteiger partial charge in [0.25, 0.3) is 10.1 Å². The van der Waals surface area contributed by atoms with Crippen LogP contribution in [0.5, 0.6) is 0 Å². The Kier molecular flexibility index (Phi) is 6.16. The van der Waals surface area contributed by atoms with Crippen molar-refractivity contribution in [3.05, 3.63) is 29.8 Å². The van der Waals surface area contributed by atoms with Crippen molar-refractivity contribution in [2.24, 2.45) is 0 Å². The molecule has 0 radical (unpaired) electrons. The largest absolute Gasteiger partial charge is 0.469 e. The second-order valence-corrected chi connectivity index (χ2v) is 6.05. The lowest BCUT2D eigenvalue weighted by atomic mass is 10.1. The van der Waals surface area contributed by atoms with Crippen LogP contribution in [0.3, 0.4) is 0 Å². The molecule has 0 unspecified atom stereocenters. The Balaban J connectivity index is 2.91. The van der Waals surface area contributed by atoms with E-state index in [2.05, 4.69) is 4.74 Å². The molecule has 112 valence electrons. The van der Waals surface area contributed by atoms with Gasteiger partial charge in [-0.2, -0.15) is 8.42 Å². The summed E-state index contributed by atoms with van der Waals surface area (Å²) in [7, 11) is -2.61. The van der Waals surface area contributed by atoms with Crippen molar-refractivity contribution >= 4 is 16.1 Å². The van der Waals surface area contributed by atoms with Crippen molar-refractivity contribution in [3.63, 3.8) is 0 Å². The molecule has 0 bridgehead atoms. The molecule has 0 N–H and O–H groups in total. The maximum atomic E-state index is 12.2. The highest BCUT2D eigenvalue weighted by atomic mass is 32.2. The zero-order chi connectivity index (χ0) is 15.2. The number of benzene rings is 1. The lowest BCUT2D eigenvalue weighted by Gasteiger charge is -2.16. The minimum atomic E-state index is -3.87. The minimum Gasteiger partial charge on any atom is -0.469 e. The van der Waals surface area contributed by atoms with Gasteiger partial charge in [-0.3, -0.25) is 8.98 Å². The van der Waals surface area contributed by atoms with Gasteiger partial charge in [-0.05, 0) is 25.0 Å². The van der Waals surface area contributed by atoms with Crippen LogP contribution in [0.4, 0.5) is 0 Å². The molecule has 0 aliphatic heterocycles. The molecule has 0 spiro atoms. The Labute approximate surface area is 120 Å². The van der Waals surface area contributed by atoms with E-state index in [9.17, 15) is 13.2 Å². The number of hydrogen-bond acceptors (Lipinski definition) is 5. The second kappa shape index (κ2) is 7.40.